The maximum absolute atomic E-state index is 7.49. The van der Waals surface area contributed by atoms with Crippen LogP contribution in [0.2, 0.25) is 0 Å². The molecule has 0 saturated carbocycles. The van der Waals surface area contributed by atoms with Crippen molar-refractivity contribution >= 4 is 5.84 Å². The molecule has 0 unspecified atom stereocenters. The van der Waals surface area contributed by atoms with Crippen LogP contribution in [0.4, 0.5) is 0 Å². The minimum atomic E-state index is 0.0677. The molecule has 0 radical (unpaired) electrons. The van der Waals surface area contributed by atoms with Crippen LogP contribution in [0.1, 0.15) is 16.7 Å². The zero-order chi connectivity index (χ0) is 12.8. The van der Waals surface area contributed by atoms with Gasteiger partial charge in [-0.15, -0.1) is 0 Å². The van der Waals surface area contributed by atoms with E-state index in [4.69, 9.17) is 15.9 Å². The third-order valence-corrected chi connectivity index (χ3v) is 2.58. The van der Waals surface area contributed by atoms with Gasteiger partial charge in [-0.05, 0) is 23.3 Å². The summed E-state index contributed by atoms with van der Waals surface area (Å²) in [7, 11) is 0. The van der Waals surface area contributed by atoms with E-state index in [2.05, 4.69) is 4.98 Å². The van der Waals surface area contributed by atoms with Gasteiger partial charge in [0.15, 0.2) is 0 Å². The molecule has 3 N–H and O–H groups in total. The van der Waals surface area contributed by atoms with Gasteiger partial charge < -0.3 is 10.5 Å². The van der Waals surface area contributed by atoms with Crippen LogP contribution in [0, 0.1) is 5.41 Å². The average Bonchev–Trinajstić information content (AvgIpc) is 2.40. The van der Waals surface area contributed by atoms with Crippen LogP contribution in [0.15, 0.2) is 48.8 Å². The third-order valence-electron chi connectivity index (χ3n) is 2.58. The molecule has 0 bridgehead atoms. The lowest BCUT2D eigenvalue weighted by atomic mass is 10.1. The van der Waals surface area contributed by atoms with Gasteiger partial charge in [-0.3, -0.25) is 10.4 Å². The maximum Gasteiger partial charge on any atom is 0.123 e. The first-order valence-electron chi connectivity index (χ1n) is 5.66. The molecule has 0 spiro atoms. The van der Waals surface area contributed by atoms with Crippen LogP contribution in [-0.2, 0) is 18.0 Å². The molecule has 0 saturated heterocycles. The second-order valence-electron chi connectivity index (χ2n) is 3.92. The SMILES string of the molecule is N=C(N)c1ccccc1COCc1ccncc1. The summed E-state index contributed by atoms with van der Waals surface area (Å²) in [6, 6.07) is 11.4. The smallest absolute Gasteiger partial charge is 0.123 e. The molecule has 4 heteroatoms. The van der Waals surface area contributed by atoms with Crippen LogP contribution in [0.3, 0.4) is 0 Å². The Morgan fingerprint density at radius 3 is 2.56 bits per heavy atom. The van der Waals surface area contributed by atoms with E-state index in [-0.39, 0.29) is 5.84 Å². The molecule has 0 aliphatic rings. The Hall–Kier alpha value is -2.20. The number of nitrogen functional groups attached to an aromatic ring is 1. The molecule has 1 aromatic heterocycles. The molecule has 0 aliphatic heterocycles. The summed E-state index contributed by atoms with van der Waals surface area (Å²) in [4.78, 5) is 3.95. The monoisotopic (exact) mass is 241 g/mol. The molecular weight excluding hydrogens is 226 g/mol. The van der Waals surface area contributed by atoms with Crippen LogP contribution < -0.4 is 5.73 Å². The van der Waals surface area contributed by atoms with Gasteiger partial charge in [0.05, 0.1) is 13.2 Å². The lowest BCUT2D eigenvalue weighted by Crippen LogP contribution is -2.14. The highest BCUT2D eigenvalue weighted by Gasteiger charge is 2.04. The molecule has 1 aromatic carbocycles. The predicted molar refractivity (Wildman–Crippen MR) is 70.2 cm³/mol. The highest BCUT2D eigenvalue weighted by Crippen LogP contribution is 2.10. The highest BCUT2D eigenvalue weighted by molar-refractivity contribution is 5.96. The number of hydrogen-bond donors (Lipinski definition) is 2. The van der Waals surface area contributed by atoms with Crippen LogP contribution in [0.5, 0.6) is 0 Å². The number of nitrogens with one attached hydrogen (secondary N) is 1. The molecule has 0 atom stereocenters. The molecule has 0 fully saturated rings. The van der Waals surface area contributed by atoms with Crippen LogP contribution in [0.25, 0.3) is 0 Å². The molecule has 18 heavy (non-hydrogen) atoms. The number of nitrogens with zero attached hydrogens (tertiary/aromatic N) is 1. The van der Waals surface area contributed by atoms with Crippen molar-refractivity contribution in [3.05, 3.63) is 65.5 Å². The summed E-state index contributed by atoms with van der Waals surface area (Å²) in [6.45, 7) is 0.965. The molecular formula is C14H15N3O. The van der Waals surface area contributed by atoms with Crippen molar-refractivity contribution in [3.63, 3.8) is 0 Å². The number of rotatable bonds is 5. The standard InChI is InChI=1S/C14H15N3O/c15-14(16)13-4-2-1-3-12(13)10-18-9-11-5-7-17-8-6-11/h1-8H,9-10H2,(H3,15,16). The minimum Gasteiger partial charge on any atom is -0.384 e. The van der Waals surface area contributed by atoms with E-state index < -0.39 is 0 Å². The number of nitrogens with two attached hydrogens (primary N) is 1. The van der Waals surface area contributed by atoms with E-state index in [1.165, 1.54) is 0 Å². The fraction of sp³-hybridized carbons (Fsp3) is 0.143. The summed E-state index contributed by atoms with van der Waals surface area (Å²) < 4.78 is 5.62. The normalized spacial score (nSPS) is 10.2. The Morgan fingerprint density at radius 2 is 1.83 bits per heavy atom. The van der Waals surface area contributed by atoms with Crippen molar-refractivity contribution in [2.24, 2.45) is 5.73 Å². The lowest BCUT2D eigenvalue weighted by Gasteiger charge is -2.08. The Labute approximate surface area is 106 Å². The van der Waals surface area contributed by atoms with Gasteiger partial charge >= 0.3 is 0 Å². The van der Waals surface area contributed by atoms with E-state index in [1.54, 1.807) is 12.4 Å². The summed E-state index contributed by atoms with van der Waals surface area (Å²) in [6.07, 6.45) is 3.48. The quantitative estimate of drug-likeness (QED) is 0.622. The van der Waals surface area contributed by atoms with Crippen molar-refractivity contribution in [1.29, 1.82) is 5.41 Å². The topological polar surface area (TPSA) is 72.0 Å². The molecule has 4 nitrogen and oxygen atoms in total. The highest BCUT2D eigenvalue weighted by atomic mass is 16.5. The first-order valence-corrected chi connectivity index (χ1v) is 5.66. The van der Waals surface area contributed by atoms with Gasteiger partial charge in [-0.2, -0.15) is 0 Å². The van der Waals surface area contributed by atoms with E-state index in [9.17, 15) is 0 Å². The molecule has 0 amide bonds. The van der Waals surface area contributed by atoms with Gasteiger partial charge in [-0.25, -0.2) is 0 Å². The van der Waals surface area contributed by atoms with Gasteiger partial charge in [0.2, 0.25) is 0 Å². The number of ether oxygens (including phenoxy) is 1. The maximum atomic E-state index is 7.49. The lowest BCUT2D eigenvalue weighted by molar-refractivity contribution is 0.107. The Bertz CT molecular complexity index is 526. The van der Waals surface area contributed by atoms with Gasteiger partial charge in [-0.1, -0.05) is 24.3 Å². The van der Waals surface area contributed by atoms with Crippen molar-refractivity contribution in [1.82, 2.24) is 4.98 Å². The van der Waals surface area contributed by atoms with Crippen molar-refractivity contribution in [2.45, 2.75) is 13.2 Å². The van der Waals surface area contributed by atoms with E-state index >= 15 is 0 Å². The molecule has 2 rings (SSSR count). The van der Waals surface area contributed by atoms with Gasteiger partial charge in [0.25, 0.3) is 0 Å². The zero-order valence-corrected chi connectivity index (χ0v) is 9.97. The molecule has 2 aromatic rings. The first kappa shape index (κ1) is 12.3. The largest absolute Gasteiger partial charge is 0.384 e. The van der Waals surface area contributed by atoms with Gasteiger partial charge in [0, 0.05) is 18.0 Å². The first-order chi connectivity index (χ1) is 8.77. The number of amidine groups is 1. The molecule has 1 heterocycles. The number of benzene rings is 1. The van der Waals surface area contributed by atoms with Gasteiger partial charge in [0.1, 0.15) is 5.84 Å². The number of aromatic nitrogens is 1. The third kappa shape index (κ3) is 3.15. The van der Waals surface area contributed by atoms with Crippen LogP contribution >= 0.6 is 0 Å². The second-order valence-corrected chi connectivity index (χ2v) is 3.92. The predicted octanol–water partition coefficient (Wildman–Crippen LogP) is 2.08. The van der Waals surface area contributed by atoms with E-state index in [1.807, 2.05) is 36.4 Å². The Kier molecular flexibility index (Phi) is 4.04. The second kappa shape index (κ2) is 5.93. The molecule has 0 aliphatic carbocycles. The van der Waals surface area contributed by atoms with Crippen molar-refractivity contribution in [2.75, 3.05) is 0 Å². The van der Waals surface area contributed by atoms with Crippen molar-refractivity contribution < 1.29 is 4.74 Å². The number of pyridine rings is 1. The molecule has 92 valence electrons. The van der Waals surface area contributed by atoms with Crippen molar-refractivity contribution in [3.8, 4) is 0 Å². The fourth-order valence-electron chi connectivity index (χ4n) is 1.67. The summed E-state index contributed by atoms with van der Waals surface area (Å²) >= 11 is 0. The Balaban J connectivity index is 1.97. The average molecular weight is 241 g/mol. The van der Waals surface area contributed by atoms with Crippen LogP contribution in [-0.4, -0.2) is 10.8 Å². The summed E-state index contributed by atoms with van der Waals surface area (Å²) in [5, 5.41) is 7.49. The van der Waals surface area contributed by atoms with E-state index in [0.717, 1.165) is 16.7 Å². The zero-order valence-electron chi connectivity index (χ0n) is 9.97. The summed E-state index contributed by atoms with van der Waals surface area (Å²) in [5.41, 5.74) is 8.25. The van der Waals surface area contributed by atoms with E-state index in [0.29, 0.717) is 13.2 Å². The summed E-state index contributed by atoms with van der Waals surface area (Å²) in [5.74, 6) is 0.0677. The minimum absolute atomic E-state index is 0.0677. The fourth-order valence-corrected chi connectivity index (χ4v) is 1.67. The number of hydrogen-bond acceptors (Lipinski definition) is 3. The Morgan fingerprint density at radius 1 is 1.11 bits per heavy atom.